The lowest BCUT2D eigenvalue weighted by Gasteiger charge is -2.03. The van der Waals surface area contributed by atoms with Crippen molar-refractivity contribution in [3.63, 3.8) is 0 Å². The molecule has 3 rings (SSSR count). The van der Waals surface area contributed by atoms with Gasteiger partial charge in [0.1, 0.15) is 5.52 Å². The number of benzene rings is 2. The molecule has 0 amide bonds. The average molecular weight is 325 g/mol. The van der Waals surface area contributed by atoms with Crippen LogP contribution in [-0.2, 0) is 5.75 Å². The molecule has 2 aromatic carbocycles. The van der Waals surface area contributed by atoms with Crippen molar-refractivity contribution in [3.8, 4) is 0 Å². The summed E-state index contributed by atoms with van der Waals surface area (Å²) in [5.74, 6) is 0.641. The molecule has 0 bridgehead atoms. The Bertz CT molecular complexity index is 773. The standard InChI is InChI=1S/C14H10Cl2N2OS/c15-10-3-1-2-8(13(10)16)7-20-14-18-11-5-4-9(17)6-12(11)19-14/h1-6H,7,17H2. The van der Waals surface area contributed by atoms with Crippen molar-refractivity contribution in [1.29, 1.82) is 0 Å². The molecule has 1 aromatic heterocycles. The fraction of sp³-hybridized carbons (Fsp3) is 0.0714. The van der Waals surface area contributed by atoms with E-state index in [4.69, 9.17) is 33.4 Å². The van der Waals surface area contributed by atoms with Gasteiger partial charge >= 0.3 is 0 Å². The van der Waals surface area contributed by atoms with Gasteiger partial charge in [-0.1, -0.05) is 47.1 Å². The fourth-order valence-electron chi connectivity index (χ4n) is 1.78. The molecule has 0 atom stereocenters. The zero-order chi connectivity index (χ0) is 14.1. The Morgan fingerprint density at radius 2 is 2.05 bits per heavy atom. The van der Waals surface area contributed by atoms with E-state index in [2.05, 4.69) is 4.98 Å². The van der Waals surface area contributed by atoms with E-state index in [9.17, 15) is 0 Å². The zero-order valence-corrected chi connectivity index (χ0v) is 12.6. The van der Waals surface area contributed by atoms with Crippen LogP contribution in [0.2, 0.25) is 10.0 Å². The third-order valence-electron chi connectivity index (χ3n) is 2.78. The van der Waals surface area contributed by atoms with Gasteiger partial charge in [-0.25, -0.2) is 4.98 Å². The molecule has 0 saturated heterocycles. The molecule has 0 aliphatic rings. The van der Waals surface area contributed by atoms with Crippen molar-refractivity contribution in [2.45, 2.75) is 11.0 Å². The number of thioether (sulfide) groups is 1. The minimum absolute atomic E-state index is 0.551. The number of aromatic nitrogens is 1. The molecular formula is C14H10Cl2N2OS. The van der Waals surface area contributed by atoms with Crippen LogP contribution in [0.25, 0.3) is 11.1 Å². The highest BCUT2D eigenvalue weighted by Gasteiger charge is 2.09. The van der Waals surface area contributed by atoms with E-state index in [0.717, 1.165) is 11.1 Å². The Hall–Kier alpha value is -1.36. The van der Waals surface area contributed by atoms with Gasteiger partial charge in [-0.2, -0.15) is 0 Å². The maximum atomic E-state index is 6.15. The number of anilines is 1. The van der Waals surface area contributed by atoms with Crippen LogP contribution in [-0.4, -0.2) is 4.98 Å². The molecule has 3 nitrogen and oxygen atoms in total. The molecule has 2 N–H and O–H groups in total. The van der Waals surface area contributed by atoms with E-state index in [1.165, 1.54) is 11.8 Å². The summed E-state index contributed by atoms with van der Waals surface area (Å²) in [6.45, 7) is 0. The van der Waals surface area contributed by atoms with Crippen molar-refractivity contribution in [1.82, 2.24) is 4.98 Å². The Labute approximate surface area is 130 Å². The van der Waals surface area contributed by atoms with Gasteiger partial charge in [0.05, 0.1) is 10.0 Å². The molecule has 102 valence electrons. The van der Waals surface area contributed by atoms with Crippen LogP contribution in [0.5, 0.6) is 0 Å². The first-order valence-corrected chi connectivity index (χ1v) is 7.59. The number of nitrogen functional groups attached to an aromatic ring is 1. The molecule has 0 aliphatic carbocycles. The van der Waals surface area contributed by atoms with Gasteiger partial charge in [-0.3, -0.25) is 0 Å². The normalized spacial score (nSPS) is 11.1. The van der Waals surface area contributed by atoms with Gasteiger partial charge in [0.2, 0.25) is 0 Å². The van der Waals surface area contributed by atoms with Crippen molar-refractivity contribution < 1.29 is 4.42 Å². The van der Waals surface area contributed by atoms with Crippen molar-refractivity contribution >= 4 is 51.8 Å². The van der Waals surface area contributed by atoms with Gasteiger partial charge in [0.15, 0.2) is 5.58 Å². The first kappa shape index (κ1) is 13.6. The lowest BCUT2D eigenvalue weighted by atomic mass is 10.2. The number of hydrogen-bond acceptors (Lipinski definition) is 4. The molecule has 0 aliphatic heterocycles. The summed E-state index contributed by atoms with van der Waals surface area (Å²) in [7, 11) is 0. The molecule has 6 heteroatoms. The van der Waals surface area contributed by atoms with E-state index in [1.807, 2.05) is 18.2 Å². The maximum Gasteiger partial charge on any atom is 0.257 e. The largest absolute Gasteiger partial charge is 0.431 e. The molecule has 3 aromatic rings. The zero-order valence-electron chi connectivity index (χ0n) is 10.3. The van der Waals surface area contributed by atoms with Crippen LogP contribution in [0.1, 0.15) is 5.56 Å². The predicted octanol–water partition coefficient (Wildman–Crippen LogP) is 5.01. The first-order valence-electron chi connectivity index (χ1n) is 5.85. The third kappa shape index (κ3) is 2.73. The summed E-state index contributed by atoms with van der Waals surface area (Å²) in [5, 5.41) is 1.71. The van der Waals surface area contributed by atoms with Gasteiger partial charge in [0.25, 0.3) is 5.22 Å². The fourth-order valence-corrected chi connectivity index (χ4v) is 3.08. The van der Waals surface area contributed by atoms with E-state index >= 15 is 0 Å². The number of rotatable bonds is 3. The summed E-state index contributed by atoms with van der Waals surface area (Å²) in [4.78, 5) is 4.39. The Kier molecular flexibility index (Phi) is 3.78. The van der Waals surface area contributed by atoms with Gasteiger partial charge in [-0.15, -0.1) is 0 Å². The van der Waals surface area contributed by atoms with Crippen molar-refractivity contribution in [2.75, 3.05) is 5.73 Å². The third-order valence-corrected chi connectivity index (χ3v) is 4.51. The summed E-state index contributed by atoms with van der Waals surface area (Å²) in [6, 6.07) is 11.0. The SMILES string of the molecule is Nc1ccc2nc(SCc3cccc(Cl)c3Cl)oc2c1. The van der Waals surface area contributed by atoms with Gasteiger partial charge < -0.3 is 10.2 Å². The lowest BCUT2D eigenvalue weighted by Crippen LogP contribution is -1.83. The molecule has 0 spiro atoms. The Balaban J connectivity index is 1.81. The van der Waals surface area contributed by atoms with Crippen LogP contribution < -0.4 is 5.73 Å². The van der Waals surface area contributed by atoms with E-state index < -0.39 is 0 Å². The topological polar surface area (TPSA) is 52.0 Å². The number of nitrogens with zero attached hydrogens (tertiary/aromatic N) is 1. The van der Waals surface area contributed by atoms with E-state index in [1.54, 1.807) is 18.2 Å². The second-order valence-electron chi connectivity index (χ2n) is 4.21. The molecule has 20 heavy (non-hydrogen) atoms. The lowest BCUT2D eigenvalue weighted by molar-refractivity contribution is 0.489. The molecule has 1 heterocycles. The molecule has 0 fully saturated rings. The molecule has 0 radical (unpaired) electrons. The number of oxazole rings is 1. The average Bonchev–Trinajstić information content (AvgIpc) is 2.82. The summed E-state index contributed by atoms with van der Waals surface area (Å²) in [6.07, 6.45) is 0. The quantitative estimate of drug-likeness (QED) is 0.543. The van der Waals surface area contributed by atoms with Crippen LogP contribution in [0.15, 0.2) is 46.0 Å². The highest BCUT2D eigenvalue weighted by molar-refractivity contribution is 7.98. The molecule has 0 unspecified atom stereocenters. The van der Waals surface area contributed by atoms with Gasteiger partial charge in [0, 0.05) is 17.5 Å². The molecule has 0 saturated carbocycles. The molecular weight excluding hydrogens is 315 g/mol. The second kappa shape index (κ2) is 5.56. The monoisotopic (exact) mass is 324 g/mol. The Morgan fingerprint density at radius 3 is 2.90 bits per heavy atom. The van der Waals surface area contributed by atoms with Crippen molar-refractivity contribution in [2.24, 2.45) is 0 Å². The first-order chi connectivity index (χ1) is 9.63. The number of halogens is 2. The minimum atomic E-state index is 0.551. The summed E-state index contributed by atoms with van der Waals surface area (Å²) < 4.78 is 5.64. The smallest absolute Gasteiger partial charge is 0.257 e. The van der Waals surface area contributed by atoms with Crippen LogP contribution in [0.3, 0.4) is 0 Å². The predicted molar refractivity (Wildman–Crippen MR) is 84.4 cm³/mol. The van der Waals surface area contributed by atoms with Crippen LogP contribution in [0.4, 0.5) is 5.69 Å². The minimum Gasteiger partial charge on any atom is -0.431 e. The second-order valence-corrected chi connectivity index (χ2v) is 5.92. The van der Waals surface area contributed by atoms with Crippen LogP contribution in [0, 0.1) is 0 Å². The van der Waals surface area contributed by atoms with Crippen molar-refractivity contribution in [3.05, 3.63) is 52.0 Å². The summed E-state index contributed by atoms with van der Waals surface area (Å²) in [5.41, 5.74) is 8.79. The van der Waals surface area contributed by atoms with E-state index in [-0.39, 0.29) is 0 Å². The van der Waals surface area contributed by atoms with Gasteiger partial charge in [-0.05, 0) is 23.8 Å². The highest BCUT2D eigenvalue weighted by Crippen LogP contribution is 2.32. The number of hydrogen-bond donors (Lipinski definition) is 1. The summed E-state index contributed by atoms with van der Waals surface area (Å²) >= 11 is 13.6. The Morgan fingerprint density at radius 1 is 1.20 bits per heavy atom. The number of nitrogens with two attached hydrogens (primary N) is 1. The maximum absolute atomic E-state index is 6.15. The van der Waals surface area contributed by atoms with Crippen LogP contribution >= 0.6 is 35.0 Å². The van der Waals surface area contributed by atoms with E-state index in [0.29, 0.717) is 32.3 Å². The number of fused-ring (bicyclic) bond motifs is 1. The highest BCUT2D eigenvalue weighted by atomic mass is 35.5.